The lowest BCUT2D eigenvalue weighted by molar-refractivity contribution is 0.369. The molecule has 2 aromatic rings. The van der Waals surface area contributed by atoms with E-state index >= 15 is 0 Å². The number of aryl methyl sites for hydroxylation is 1. The van der Waals surface area contributed by atoms with E-state index in [2.05, 4.69) is 21.6 Å². The fourth-order valence-corrected chi connectivity index (χ4v) is 1.39. The molecule has 0 saturated heterocycles. The quantitative estimate of drug-likeness (QED) is 0.729. The molecule has 0 radical (unpaired) electrons. The lowest BCUT2D eigenvalue weighted by Gasteiger charge is -2.02. The second kappa shape index (κ2) is 4.14. The van der Waals surface area contributed by atoms with Crippen molar-refractivity contribution in [2.24, 2.45) is 7.05 Å². The molecule has 0 spiro atoms. The zero-order valence-electron chi connectivity index (χ0n) is 9.21. The number of ether oxygens (including phenoxy) is 1. The number of hydrogen-bond donors (Lipinski definition) is 0. The van der Waals surface area contributed by atoms with E-state index in [1.165, 1.54) is 0 Å². The summed E-state index contributed by atoms with van der Waals surface area (Å²) in [7, 11) is 3.39. The molecule has 16 heavy (non-hydrogen) atoms. The van der Waals surface area contributed by atoms with Crippen LogP contribution in [-0.4, -0.2) is 26.9 Å². The smallest absolute Gasteiger partial charge is 0.163 e. The van der Waals surface area contributed by atoms with Crippen LogP contribution in [-0.2, 0) is 11.8 Å². The van der Waals surface area contributed by atoms with Gasteiger partial charge in [0.15, 0.2) is 5.82 Å². The summed E-state index contributed by atoms with van der Waals surface area (Å²) in [5.74, 6) is 1.12. The third kappa shape index (κ3) is 1.79. The van der Waals surface area contributed by atoms with Crippen LogP contribution < -0.4 is 0 Å². The molecule has 0 saturated carbocycles. The van der Waals surface area contributed by atoms with Crippen LogP contribution in [0.1, 0.15) is 5.69 Å². The average molecular weight is 216 g/mol. The Morgan fingerprint density at radius 1 is 1.38 bits per heavy atom. The molecule has 0 N–H and O–H groups in total. The minimum atomic E-state index is 0.503. The maximum Gasteiger partial charge on any atom is 0.163 e. The Morgan fingerprint density at radius 2 is 2.06 bits per heavy atom. The van der Waals surface area contributed by atoms with Crippen LogP contribution in [0.25, 0.3) is 17.1 Å². The summed E-state index contributed by atoms with van der Waals surface area (Å²) in [6.45, 7) is 3.79. The van der Waals surface area contributed by atoms with E-state index in [1.807, 2.05) is 13.2 Å². The molecule has 0 aliphatic rings. The largest absolute Gasteiger partial charge is 0.495 e. The first-order chi connectivity index (χ1) is 7.72. The molecule has 0 bridgehead atoms. The van der Waals surface area contributed by atoms with E-state index in [0.717, 1.165) is 5.56 Å². The highest BCUT2D eigenvalue weighted by molar-refractivity contribution is 5.71. The normalized spacial score (nSPS) is 10.1. The predicted molar refractivity (Wildman–Crippen MR) is 60.3 cm³/mol. The average Bonchev–Trinajstić information content (AvgIpc) is 2.71. The second-order valence-corrected chi connectivity index (χ2v) is 3.26. The molecule has 5 heteroatoms. The molecule has 0 atom stereocenters. The van der Waals surface area contributed by atoms with Gasteiger partial charge < -0.3 is 4.74 Å². The summed E-state index contributed by atoms with van der Waals surface area (Å²) in [6, 6.07) is 1.77. The SMILES string of the molecule is C=C(OC)c1nn(C)cc1-c1ncccn1. The highest BCUT2D eigenvalue weighted by Crippen LogP contribution is 2.23. The number of aromatic nitrogens is 4. The summed E-state index contributed by atoms with van der Waals surface area (Å²) >= 11 is 0. The topological polar surface area (TPSA) is 52.8 Å². The van der Waals surface area contributed by atoms with Gasteiger partial charge in [-0.15, -0.1) is 0 Å². The fourth-order valence-electron chi connectivity index (χ4n) is 1.39. The van der Waals surface area contributed by atoms with E-state index in [0.29, 0.717) is 17.3 Å². The van der Waals surface area contributed by atoms with Crippen molar-refractivity contribution in [3.8, 4) is 11.4 Å². The van der Waals surface area contributed by atoms with Crippen molar-refractivity contribution in [1.82, 2.24) is 19.7 Å². The van der Waals surface area contributed by atoms with Crippen molar-refractivity contribution in [2.75, 3.05) is 7.11 Å². The van der Waals surface area contributed by atoms with Gasteiger partial charge in [0.1, 0.15) is 11.5 Å². The van der Waals surface area contributed by atoms with E-state index in [4.69, 9.17) is 4.74 Å². The number of rotatable bonds is 3. The van der Waals surface area contributed by atoms with Gasteiger partial charge in [0, 0.05) is 25.6 Å². The Morgan fingerprint density at radius 3 is 2.69 bits per heavy atom. The van der Waals surface area contributed by atoms with Crippen molar-refractivity contribution in [2.45, 2.75) is 0 Å². The van der Waals surface area contributed by atoms with Gasteiger partial charge in [-0.1, -0.05) is 6.58 Å². The van der Waals surface area contributed by atoms with Crippen LogP contribution in [0, 0.1) is 0 Å². The van der Waals surface area contributed by atoms with Crippen molar-refractivity contribution < 1.29 is 4.74 Å². The highest BCUT2D eigenvalue weighted by atomic mass is 16.5. The van der Waals surface area contributed by atoms with Crippen LogP contribution in [0.3, 0.4) is 0 Å². The Hall–Kier alpha value is -2.17. The molecule has 2 aromatic heterocycles. The summed E-state index contributed by atoms with van der Waals surface area (Å²) in [6.07, 6.45) is 5.22. The molecule has 0 unspecified atom stereocenters. The first-order valence-corrected chi connectivity index (χ1v) is 4.76. The van der Waals surface area contributed by atoms with Gasteiger partial charge in [-0.2, -0.15) is 5.10 Å². The zero-order valence-corrected chi connectivity index (χ0v) is 9.21. The van der Waals surface area contributed by atoms with Gasteiger partial charge >= 0.3 is 0 Å². The number of methoxy groups -OCH3 is 1. The first-order valence-electron chi connectivity index (χ1n) is 4.76. The maximum absolute atomic E-state index is 5.09. The van der Waals surface area contributed by atoms with Crippen molar-refractivity contribution >= 4 is 5.76 Å². The molecule has 0 aliphatic heterocycles. The fraction of sp³-hybridized carbons (Fsp3) is 0.182. The maximum atomic E-state index is 5.09. The Kier molecular flexibility index (Phi) is 2.68. The van der Waals surface area contributed by atoms with Crippen LogP contribution in [0.15, 0.2) is 31.2 Å². The molecule has 5 nitrogen and oxygen atoms in total. The second-order valence-electron chi connectivity index (χ2n) is 3.26. The van der Waals surface area contributed by atoms with Gasteiger partial charge in [0.2, 0.25) is 0 Å². The van der Waals surface area contributed by atoms with Gasteiger partial charge in [-0.3, -0.25) is 4.68 Å². The standard InChI is InChI=1S/C11H12N4O/c1-8(16-3)10-9(7-15(2)14-10)11-12-5-4-6-13-11/h4-7H,1H2,2-3H3. The molecule has 0 fully saturated rings. The van der Waals surface area contributed by atoms with E-state index in [-0.39, 0.29) is 0 Å². The van der Waals surface area contributed by atoms with Crippen molar-refractivity contribution in [1.29, 1.82) is 0 Å². The molecule has 2 heterocycles. The molecule has 0 amide bonds. The summed E-state index contributed by atoms with van der Waals surface area (Å²) in [5, 5.41) is 4.27. The summed E-state index contributed by atoms with van der Waals surface area (Å²) in [5.41, 5.74) is 1.48. The minimum absolute atomic E-state index is 0.503. The first kappa shape index (κ1) is 10.4. The Bertz CT molecular complexity index is 504. The monoisotopic (exact) mass is 216 g/mol. The summed E-state index contributed by atoms with van der Waals surface area (Å²) in [4.78, 5) is 8.36. The van der Waals surface area contributed by atoms with E-state index < -0.39 is 0 Å². The van der Waals surface area contributed by atoms with Crippen LogP contribution in [0.5, 0.6) is 0 Å². The van der Waals surface area contributed by atoms with Crippen LogP contribution in [0.2, 0.25) is 0 Å². The highest BCUT2D eigenvalue weighted by Gasteiger charge is 2.14. The molecule has 2 rings (SSSR count). The zero-order chi connectivity index (χ0) is 11.5. The summed E-state index contributed by atoms with van der Waals surface area (Å²) < 4.78 is 6.77. The third-order valence-electron chi connectivity index (χ3n) is 2.15. The van der Waals surface area contributed by atoms with Crippen molar-refractivity contribution in [3.63, 3.8) is 0 Å². The molecule has 82 valence electrons. The predicted octanol–water partition coefficient (Wildman–Crippen LogP) is 1.49. The molecular formula is C11H12N4O. The van der Waals surface area contributed by atoms with Gasteiger partial charge in [0.25, 0.3) is 0 Å². The van der Waals surface area contributed by atoms with Gasteiger partial charge in [-0.05, 0) is 6.07 Å². The third-order valence-corrected chi connectivity index (χ3v) is 2.15. The van der Waals surface area contributed by atoms with E-state index in [9.17, 15) is 0 Å². The Balaban J connectivity index is 2.53. The van der Waals surface area contributed by atoms with Crippen LogP contribution >= 0.6 is 0 Å². The Labute approximate surface area is 93.4 Å². The minimum Gasteiger partial charge on any atom is -0.495 e. The molecular weight excluding hydrogens is 204 g/mol. The van der Waals surface area contributed by atoms with Gasteiger partial charge in [-0.25, -0.2) is 9.97 Å². The van der Waals surface area contributed by atoms with Gasteiger partial charge in [0.05, 0.1) is 12.7 Å². The number of nitrogens with zero attached hydrogens (tertiary/aromatic N) is 4. The van der Waals surface area contributed by atoms with Crippen molar-refractivity contribution in [3.05, 3.63) is 36.9 Å². The molecule has 0 aromatic carbocycles. The van der Waals surface area contributed by atoms with E-state index in [1.54, 1.807) is 30.3 Å². The van der Waals surface area contributed by atoms with Crippen LogP contribution in [0.4, 0.5) is 0 Å². The molecule has 0 aliphatic carbocycles. The number of hydrogen-bond acceptors (Lipinski definition) is 4. The lowest BCUT2D eigenvalue weighted by Crippen LogP contribution is -1.93. The lowest BCUT2D eigenvalue weighted by atomic mass is 10.2.